The molecule has 5 nitrogen and oxygen atoms in total. The molecule has 0 amide bonds. The van der Waals surface area contributed by atoms with Crippen molar-refractivity contribution in [3.63, 3.8) is 0 Å². The lowest BCUT2D eigenvalue weighted by Crippen LogP contribution is -2.03. The molecule has 2 aromatic heterocycles. The van der Waals surface area contributed by atoms with Gasteiger partial charge in [-0.3, -0.25) is 0 Å². The molecule has 1 N–H and O–H groups in total. The predicted octanol–water partition coefficient (Wildman–Crippen LogP) is 4.89. The Morgan fingerprint density at radius 2 is 1.85 bits per heavy atom. The van der Waals surface area contributed by atoms with Crippen molar-refractivity contribution < 1.29 is 9.63 Å². The van der Waals surface area contributed by atoms with Crippen LogP contribution in [-0.2, 0) is 12.8 Å². The van der Waals surface area contributed by atoms with Crippen LogP contribution in [0.25, 0.3) is 22.5 Å². The second-order valence-electron chi connectivity index (χ2n) is 6.33. The summed E-state index contributed by atoms with van der Waals surface area (Å²) in [4.78, 5) is 9.13. The minimum absolute atomic E-state index is 0.277. The molecule has 2 aromatic carbocycles. The van der Waals surface area contributed by atoms with E-state index in [0.29, 0.717) is 17.4 Å². The third-order valence-corrected chi connectivity index (χ3v) is 5.03. The summed E-state index contributed by atoms with van der Waals surface area (Å²) in [5.74, 6) is 0.812. The number of benzene rings is 2. The van der Waals surface area contributed by atoms with Gasteiger partial charge in [-0.25, -0.2) is 4.98 Å². The fraction of sp³-hybridized carbons (Fsp3) is 0.190. The number of rotatable bonds is 5. The Bertz CT molecular complexity index is 1080. The van der Waals surface area contributed by atoms with Crippen LogP contribution in [0.15, 0.2) is 63.6 Å². The van der Waals surface area contributed by atoms with Crippen molar-refractivity contribution in [3.8, 4) is 11.6 Å². The molecule has 4 aromatic rings. The van der Waals surface area contributed by atoms with Crippen molar-refractivity contribution in [1.29, 1.82) is 0 Å². The van der Waals surface area contributed by atoms with Crippen LogP contribution in [0.1, 0.15) is 30.0 Å². The van der Waals surface area contributed by atoms with E-state index in [9.17, 15) is 5.11 Å². The minimum atomic E-state index is -0.695. The normalized spacial score (nSPS) is 12.4. The number of aliphatic hydroxyl groups is 1. The zero-order valence-corrected chi connectivity index (χ0v) is 16.3. The SMILES string of the molecule is CCc1cccc2ccc(-c3nc(CC(O)c4ccc(Br)cc4)no3)nc12. The zero-order chi connectivity index (χ0) is 18.8. The first kappa shape index (κ1) is 17.8. The number of hydrogen-bond acceptors (Lipinski definition) is 5. The molecule has 0 bridgehead atoms. The first-order valence-electron chi connectivity index (χ1n) is 8.79. The lowest BCUT2D eigenvalue weighted by Gasteiger charge is -2.08. The average Bonchev–Trinajstić information content (AvgIpc) is 3.16. The van der Waals surface area contributed by atoms with Gasteiger partial charge in [-0.15, -0.1) is 0 Å². The summed E-state index contributed by atoms with van der Waals surface area (Å²) < 4.78 is 6.35. The monoisotopic (exact) mass is 423 g/mol. The zero-order valence-electron chi connectivity index (χ0n) is 14.8. The largest absolute Gasteiger partial charge is 0.388 e. The van der Waals surface area contributed by atoms with E-state index in [1.54, 1.807) is 0 Å². The van der Waals surface area contributed by atoms with Crippen molar-refractivity contribution in [2.45, 2.75) is 25.9 Å². The van der Waals surface area contributed by atoms with Crippen molar-refractivity contribution in [3.05, 3.63) is 76.0 Å². The smallest absolute Gasteiger partial charge is 0.276 e. The molecule has 1 unspecified atom stereocenters. The van der Waals surface area contributed by atoms with Gasteiger partial charge in [-0.2, -0.15) is 4.98 Å². The van der Waals surface area contributed by atoms with Crippen molar-refractivity contribution in [2.24, 2.45) is 0 Å². The van der Waals surface area contributed by atoms with Crippen LogP contribution < -0.4 is 0 Å². The summed E-state index contributed by atoms with van der Waals surface area (Å²) in [6.07, 6.45) is 0.487. The number of aromatic nitrogens is 3. The minimum Gasteiger partial charge on any atom is -0.388 e. The van der Waals surface area contributed by atoms with Gasteiger partial charge in [0.15, 0.2) is 5.82 Å². The van der Waals surface area contributed by atoms with Gasteiger partial charge in [0.05, 0.1) is 11.6 Å². The molecule has 0 aliphatic carbocycles. The van der Waals surface area contributed by atoms with Crippen molar-refractivity contribution in [2.75, 3.05) is 0 Å². The Kier molecular flexibility index (Phi) is 5.01. The molecule has 0 aliphatic heterocycles. The number of nitrogens with zero attached hydrogens (tertiary/aromatic N) is 3. The maximum atomic E-state index is 10.4. The fourth-order valence-corrected chi connectivity index (χ4v) is 3.29. The molecule has 0 fully saturated rings. The highest BCUT2D eigenvalue weighted by Gasteiger charge is 2.16. The number of para-hydroxylation sites is 1. The van der Waals surface area contributed by atoms with Crippen LogP contribution in [0.5, 0.6) is 0 Å². The maximum Gasteiger partial charge on any atom is 0.276 e. The summed E-state index contributed by atoms with van der Waals surface area (Å²) in [7, 11) is 0. The van der Waals surface area contributed by atoms with Crippen molar-refractivity contribution >= 4 is 26.8 Å². The molecule has 6 heteroatoms. The molecule has 0 saturated heterocycles. The van der Waals surface area contributed by atoms with E-state index in [4.69, 9.17) is 9.51 Å². The summed E-state index contributed by atoms with van der Waals surface area (Å²) >= 11 is 3.39. The van der Waals surface area contributed by atoms with Gasteiger partial charge < -0.3 is 9.63 Å². The van der Waals surface area contributed by atoms with Gasteiger partial charge in [-0.1, -0.05) is 64.4 Å². The third kappa shape index (κ3) is 3.77. The van der Waals surface area contributed by atoms with Gasteiger partial charge >= 0.3 is 0 Å². The lowest BCUT2D eigenvalue weighted by atomic mass is 10.1. The van der Waals surface area contributed by atoms with Gasteiger partial charge in [0.25, 0.3) is 5.89 Å². The number of aryl methyl sites for hydroxylation is 1. The Morgan fingerprint density at radius 3 is 2.63 bits per heavy atom. The van der Waals surface area contributed by atoms with Crippen LogP contribution in [0, 0.1) is 0 Å². The highest BCUT2D eigenvalue weighted by Crippen LogP contribution is 2.24. The second kappa shape index (κ2) is 7.58. The highest BCUT2D eigenvalue weighted by atomic mass is 79.9. The first-order chi connectivity index (χ1) is 13.1. The Labute approximate surface area is 165 Å². The summed E-state index contributed by atoms with van der Waals surface area (Å²) in [5.41, 5.74) is 3.58. The summed E-state index contributed by atoms with van der Waals surface area (Å²) in [6.45, 7) is 2.11. The van der Waals surface area contributed by atoms with E-state index in [2.05, 4.69) is 39.1 Å². The number of fused-ring (bicyclic) bond motifs is 1. The number of halogens is 1. The maximum absolute atomic E-state index is 10.4. The Balaban J connectivity index is 1.59. The van der Waals surface area contributed by atoms with Crippen LogP contribution in [0.4, 0.5) is 0 Å². The Hall–Kier alpha value is -2.57. The molecule has 0 saturated carbocycles. The van der Waals surface area contributed by atoms with Crippen LogP contribution >= 0.6 is 15.9 Å². The summed E-state index contributed by atoms with van der Waals surface area (Å²) in [5, 5.41) is 15.5. The van der Waals surface area contributed by atoms with Crippen LogP contribution in [0.2, 0.25) is 0 Å². The van der Waals surface area contributed by atoms with Crippen LogP contribution in [0.3, 0.4) is 0 Å². The Morgan fingerprint density at radius 1 is 1.04 bits per heavy atom. The topological polar surface area (TPSA) is 72.0 Å². The quantitative estimate of drug-likeness (QED) is 0.494. The van der Waals surface area contributed by atoms with Crippen molar-refractivity contribution in [1.82, 2.24) is 15.1 Å². The van der Waals surface area contributed by atoms with E-state index in [1.807, 2.05) is 48.5 Å². The molecule has 136 valence electrons. The van der Waals surface area contributed by atoms with Gasteiger partial charge in [-0.05, 0) is 35.7 Å². The number of hydrogen-bond donors (Lipinski definition) is 1. The fourth-order valence-electron chi connectivity index (χ4n) is 3.03. The van der Waals surface area contributed by atoms with E-state index in [1.165, 1.54) is 5.56 Å². The molecule has 1 atom stereocenters. The number of pyridine rings is 1. The standard InChI is InChI=1S/C21H18BrN3O2/c1-2-13-4-3-5-15-8-11-17(23-20(13)15)21-24-19(25-27-21)12-18(26)14-6-9-16(22)10-7-14/h3-11,18,26H,2,12H2,1H3. The van der Waals surface area contributed by atoms with E-state index in [-0.39, 0.29) is 6.42 Å². The highest BCUT2D eigenvalue weighted by molar-refractivity contribution is 9.10. The van der Waals surface area contributed by atoms with Crippen LogP contribution in [-0.4, -0.2) is 20.2 Å². The van der Waals surface area contributed by atoms with Gasteiger partial charge in [0.2, 0.25) is 0 Å². The molecular weight excluding hydrogens is 406 g/mol. The molecule has 0 aliphatic rings. The molecule has 27 heavy (non-hydrogen) atoms. The third-order valence-electron chi connectivity index (χ3n) is 4.50. The molecular formula is C21H18BrN3O2. The number of aliphatic hydroxyl groups excluding tert-OH is 1. The molecule has 2 heterocycles. The first-order valence-corrected chi connectivity index (χ1v) is 9.58. The van der Waals surface area contributed by atoms with Gasteiger partial charge in [0, 0.05) is 16.3 Å². The average molecular weight is 424 g/mol. The van der Waals surface area contributed by atoms with E-state index >= 15 is 0 Å². The predicted molar refractivity (Wildman–Crippen MR) is 107 cm³/mol. The van der Waals surface area contributed by atoms with Gasteiger partial charge in [0.1, 0.15) is 5.69 Å². The van der Waals surface area contributed by atoms with E-state index < -0.39 is 6.10 Å². The second-order valence-corrected chi connectivity index (χ2v) is 7.24. The molecule has 0 radical (unpaired) electrons. The summed E-state index contributed by atoms with van der Waals surface area (Å²) in [6, 6.07) is 17.6. The lowest BCUT2D eigenvalue weighted by molar-refractivity contribution is 0.174. The molecule has 4 rings (SSSR count). The molecule has 0 spiro atoms. The van der Waals surface area contributed by atoms with E-state index in [0.717, 1.165) is 27.4 Å².